The van der Waals surface area contributed by atoms with Gasteiger partial charge in [-0.1, -0.05) is 65.1 Å². The van der Waals surface area contributed by atoms with Crippen molar-refractivity contribution in [2.75, 3.05) is 5.32 Å². The molecule has 0 aliphatic heterocycles. The Kier molecular flexibility index (Phi) is 5.05. The molecular weight excluding hydrogens is 367 g/mol. The van der Waals surface area contributed by atoms with Gasteiger partial charge in [0, 0.05) is 16.3 Å². The fourth-order valence-electron chi connectivity index (χ4n) is 2.24. The highest BCUT2D eigenvalue weighted by Crippen LogP contribution is 2.29. The smallest absolute Gasteiger partial charge is 0.258 e. The van der Waals surface area contributed by atoms with Crippen molar-refractivity contribution in [1.82, 2.24) is 4.98 Å². The summed E-state index contributed by atoms with van der Waals surface area (Å²) in [5, 5.41) is 3.81. The molecule has 2 aromatic carbocycles. The summed E-state index contributed by atoms with van der Waals surface area (Å²) in [4.78, 5) is 16.4. The number of para-hydroxylation sites is 1. The number of halogens is 3. The van der Waals surface area contributed by atoms with Gasteiger partial charge < -0.3 is 5.32 Å². The number of hydrogen-bond acceptors (Lipinski definition) is 2. The van der Waals surface area contributed by atoms with E-state index in [9.17, 15) is 4.79 Å². The first-order chi connectivity index (χ1) is 11.5. The van der Waals surface area contributed by atoms with Gasteiger partial charge >= 0.3 is 0 Å². The van der Waals surface area contributed by atoms with Gasteiger partial charge in [-0.2, -0.15) is 0 Å². The monoisotopic (exact) mass is 376 g/mol. The quantitative estimate of drug-likeness (QED) is 0.572. The summed E-state index contributed by atoms with van der Waals surface area (Å²) in [5.41, 5.74) is 2.74. The van der Waals surface area contributed by atoms with Crippen LogP contribution in [0, 0.1) is 0 Å². The van der Waals surface area contributed by atoms with Crippen LogP contribution in [0.25, 0.3) is 11.1 Å². The third-order valence-corrected chi connectivity index (χ3v) is 4.14. The average molecular weight is 378 g/mol. The van der Waals surface area contributed by atoms with Crippen LogP contribution in [0.5, 0.6) is 0 Å². The molecule has 3 rings (SSSR count). The van der Waals surface area contributed by atoms with E-state index in [-0.39, 0.29) is 21.8 Å². The van der Waals surface area contributed by atoms with E-state index in [1.165, 1.54) is 12.1 Å². The molecule has 1 amide bonds. The van der Waals surface area contributed by atoms with Crippen molar-refractivity contribution < 1.29 is 4.79 Å². The highest BCUT2D eigenvalue weighted by molar-refractivity contribution is 6.35. The van der Waals surface area contributed by atoms with Crippen LogP contribution < -0.4 is 5.32 Å². The second kappa shape index (κ2) is 7.22. The molecule has 1 aromatic heterocycles. The third-order valence-electron chi connectivity index (χ3n) is 3.39. The Morgan fingerprint density at radius 2 is 1.58 bits per heavy atom. The Morgan fingerprint density at radius 3 is 2.29 bits per heavy atom. The zero-order valence-electron chi connectivity index (χ0n) is 12.3. The number of anilines is 1. The average Bonchev–Trinajstić information content (AvgIpc) is 2.56. The number of carbonyl (C=O) groups is 1. The third kappa shape index (κ3) is 3.70. The van der Waals surface area contributed by atoms with E-state index in [0.29, 0.717) is 10.7 Å². The van der Waals surface area contributed by atoms with Crippen molar-refractivity contribution in [2.45, 2.75) is 0 Å². The largest absolute Gasteiger partial charge is 0.321 e. The standard InChI is InChI=1S/C18H11Cl3N2O/c19-12-7-5-11(6-8-12)13-3-1-2-4-15(13)22-18(24)14-9-10-16(20)23-17(14)21/h1-10H,(H,22,24). The van der Waals surface area contributed by atoms with Gasteiger partial charge in [0.1, 0.15) is 10.3 Å². The van der Waals surface area contributed by atoms with Gasteiger partial charge in [-0.05, 0) is 35.9 Å². The first kappa shape index (κ1) is 16.8. The molecule has 120 valence electrons. The first-order valence-electron chi connectivity index (χ1n) is 7.03. The lowest BCUT2D eigenvalue weighted by atomic mass is 10.0. The number of pyridine rings is 1. The summed E-state index contributed by atoms with van der Waals surface area (Å²) in [7, 11) is 0. The van der Waals surface area contributed by atoms with Gasteiger partial charge in [0.05, 0.1) is 5.56 Å². The molecule has 0 saturated heterocycles. The summed E-state index contributed by atoms with van der Waals surface area (Å²) in [6.07, 6.45) is 0. The summed E-state index contributed by atoms with van der Waals surface area (Å²) < 4.78 is 0. The number of hydrogen-bond donors (Lipinski definition) is 1. The Bertz CT molecular complexity index is 895. The maximum atomic E-state index is 12.5. The predicted molar refractivity (Wildman–Crippen MR) is 99.1 cm³/mol. The summed E-state index contributed by atoms with van der Waals surface area (Å²) in [6, 6.07) is 17.9. The molecule has 0 atom stereocenters. The van der Waals surface area contributed by atoms with Crippen molar-refractivity contribution >= 4 is 46.4 Å². The molecule has 1 N–H and O–H groups in total. The van der Waals surface area contributed by atoms with Crippen LogP contribution in [0.15, 0.2) is 60.7 Å². The highest BCUT2D eigenvalue weighted by atomic mass is 35.5. The molecule has 3 nitrogen and oxygen atoms in total. The van der Waals surface area contributed by atoms with Crippen LogP contribution in [-0.2, 0) is 0 Å². The van der Waals surface area contributed by atoms with E-state index in [4.69, 9.17) is 34.8 Å². The lowest BCUT2D eigenvalue weighted by Gasteiger charge is -2.12. The number of nitrogens with zero attached hydrogens (tertiary/aromatic N) is 1. The van der Waals surface area contributed by atoms with E-state index >= 15 is 0 Å². The number of amides is 1. The molecule has 0 aliphatic carbocycles. The van der Waals surface area contributed by atoms with Gasteiger partial charge in [-0.25, -0.2) is 4.98 Å². The molecule has 0 bridgehead atoms. The molecule has 0 spiro atoms. The van der Waals surface area contributed by atoms with Crippen molar-refractivity contribution in [3.05, 3.63) is 81.6 Å². The van der Waals surface area contributed by atoms with Gasteiger partial charge in [0.15, 0.2) is 0 Å². The van der Waals surface area contributed by atoms with Crippen molar-refractivity contribution in [2.24, 2.45) is 0 Å². The minimum Gasteiger partial charge on any atom is -0.321 e. The minimum atomic E-state index is -0.356. The zero-order valence-corrected chi connectivity index (χ0v) is 14.5. The van der Waals surface area contributed by atoms with Crippen LogP contribution in [-0.4, -0.2) is 10.9 Å². The second-order valence-corrected chi connectivity index (χ2v) is 6.16. The molecule has 0 saturated carbocycles. The highest BCUT2D eigenvalue weighted by Gasteiger charge is 2.14. The maximum absolute atomic E-state index is 12.5. The molecule has 0 unspecified atom stereocenters. The second-order valence-electron chi connectivity index (χ2n) is 4.98. The van der Waals surface area contributed by atoms with Gasteiger partial charge in [0.25, 0.3) is 5.91 Å². The van der Waals surface area contributed by atoms with E-state index in [2.05, 4.69) is 10.3 Å². The van der Waals surface area contributed by atoms with Crippen molar-refractivity contribution in [1.29, 1.82) is 0 Å². The molecule has 3 aromatic rings. The molecule has 0 radical (unpaired) electrons. The number of aromatic nitrogens is 1. The Balaban J connectivity index is 1.93. The van der Waals surface area contributed by atoms with Crippen LogP contribution >= 0.6 is 34.8 Å². The lowest BCUT2D eigenvalue weighted by molar-refractivity contribution is 0.102. The maximum Gasteiger partial charge on any atom is 0.258 e. The summed E-state index contributed by atoms with van der Waals surface area (Å²) >= 11 is 17.7. The normalized spacial score (nSPS) is 10.5. The minimum absolute atomic E-state index is 0.0592. The fraction of sp³-hybridized carbons (Fsp3) is 0. The SMILES string of the molecule is O=C(Nc1ccccc1-c1ccc(Cl)cc1)c1ccc(Cl)nc1Cl. The van der Waals surface area contributed by atoms with E-state index in [1.807, 2.05) is 36.4 Å². The molecule has 0 aliphatic rings. The summed E-state index contributed by atoms with van der Waals surface area (Å²) in [6.45, 7) is 0. The lowest BCUT2D eigenvalue weighted by Crippen LogP contribution is -2.13. The van der Waals surface area contributed by atoms with Crippen LogP contribution in [0.2, 0.25) is 15.3 Å². The van der Waals surface area contributed by atoms with E-state index in [1.54, 1.807) is 12.1 Å². The Morgan fingerprint density at radius 1 is 0.875 bits per heavy atom. The Labute approximate surface area is 154 Å². The number of benzene rings is 2. The number of nitrogens with one attached hydrogen (secondary N) is 1. The van der Waals surface area contributed by atoms with Crippen LogP contribution in [0.3, 0.4) is 0 Å². The topological polar surface area (TPSA) is 42.0 Å². The summed E-state index contributed by atoms with van der Waals surface area (Å²) in [5.74, 6) is -0.356. The molecule has 1 heterocycles. The number of rotatable bonds is 3. The van der Waals surface area contributed by atoms with Crippen LogP contribution in [0.1, 0.15) is 10.4 Å². The number of carbonyl (C=O) groups excluding carboxylic acids is 1. The van der Waals surface area contributed by atoms with Crippen molar-refractivity contribution in [3.8, 4) is 11.1 Å². The zero-order chi connectivity index (χ0) is 17.1. The molecular formula is C18H11Cl3N2O. The van der Waals surface area contributed by atoms with Crippen molar-refractivity contribution in [3.63, 3.8) is 0 Å². The Hall–Kier alpha value is -2.07. The van der Waals surface area contributed by atoms with Gasteiger partial charge in [-0.15, -0.1) is 0 Å². The fourth-order valence-corrected chi connectivity index (χ4v) is 2.80. The van der Waals surface area contributed by atoms with Crippen LogP contribution in [0.4, 0.5) is 5.69 Å². The molecule has 0 fully saturated rings. The van der Waals surface area contributed by atoms with E-state index in [0.717, 1.165) is 11.1 Å². The molecule has 6 heteroatoms. The molecule has 24 heavy (non-hydrogen) atoms. The van der Waals surface area contributed by atoms with Gasteiger partial charge in [-0.3, -0.25) is 4.79 Å². The first-order valence-corrected chi connectivity index (χ1v) is 8.16. The van der Waals surface area contributed by atoms with Gasteiger partial charge in [0.2, 0.25) is 0 Å². The van der Waals surface area contributed by atoms with E-state index < -0.39 is 0 Å². The predicted octanol–water partition coefficient (Wildman–Crippen LogP) is 5.96.